The summed E-state index contributed by atoms with van der Waals surface area (Å²) in [5.41, 5.74) is 6.63. The number of nitrogens with zero attached hydrogens (tertiary/aromatic N) is 1. The first-order valence-corrected chi connectivity index (χ1v) is 5.44. The number of para-hydroxylation sites is 1. The Balaban J connectivity index is 2.80. The van der Waals surface area contributed by atoms with E-state index < -0.39 is 5.91 Å². The minimum atomic E-state index is -0.529. The molecule has 1 aromatic heterocycles. The molecule has 2 aromatic rings. The van der Waals surface area contributed by atoms with Gasteiger partial charge in [-0.1, -0.05) is 18.2 Å². The minimum Gasteiger partial charge on any atom is -0.438 e. The lowest BCUT2D eigenvalue weighted by Gasteiger charge is -2.02. The molecule has 0 atom stereocenters. The number of nitrogens with two attached hydrogens (primary N) is 1. The van der Waals surface area contributed by atoms with Crippen LogP contribution < -0.4 is 11.3 Å². The number of amides is 1. The first kappa shape index (κ1) is 11.4. The van der Waals surface area contributed by atoms with Crippen LogP contribution in [0.2, 0.25) is 0 Å². The van der Waals surface area contributed by atoms with Gasteiger partial charge in [-0.25, -0.2) is 4.99 Å². The van der Waals surface area contributed by atoms with Crippen molar-refractivity contribution in [2.24, 2.45) is 10.7 Å². The highest BCUT2D eigenvalue weighted by molar-refractivity contribution is 5.95. The molecule has 0 radical (unpaired) electrons. The standard InChI is InChI=1S/C13H14N2O2/c1-8(2)15-13-10(12(14)16)7-9-5-3-4-6-11(9)17-13/h3-8H,1-2H3,(H2,14,16). The lowest BCUT2D eigenvalue weighted by molar-refractivity contribution is 0.0996. The molecule has 2 N–H and O–H groups in total. The van der Waals surface area contributed by atoms with Gasteiger partial charge in [0.05, 0.1) is 0 Å². The molecule has 0 saturated carbocycles. The molecule has 1 amide bonds. The van der Waals surface area contributed by atoms with Gasteiger partial charge in [-0.2, -0.15) is 0 Å². The van der Waals surface area contributed by atoms with Gasteiger partial charge in [0.15, 0.2) is 0 Å². The zero-order valence-electron chi connectivity index (χ0n) is 9.81. The summed E-state index contributed by atoms with van der Waals surface area (Å²) in [5, 5.41) is 0.837. The van der Waals surface area contributed by atoms with Crippen molar-refractivity contribution in [3.8, 4) is 0 Å². The van der Waals surface area contributed by atoms with E-state index in [0.29, 0.717) is 16.7 Å². The highest BCUT2D eigenvalue weighted by atomic mass is 16.3. The fourth-order valence-electron chi connectivity index (χ4n) is 1.58. The Morgan fingerprint density at radius 3 is 2.71 bits per heavy atom. The smallest absolute Gasteiger partial charge is 0.254 e. The highest BCUT2D eigenvalue weighted by Gasteiger charge is 2.08. The van der Waals surface area contributed by atoms with E-state index in [0.717, 1.165) is 5.39 Å². The number of fused-ring (bicyclic) bond motifs is 1. The molecule has 0 bridgehead atoms. The third kappa shape index (κ3) is 2.36. The molecule has 0 aliphatic rings. The number of hydrogen-bond acceptors (Lipinski definition) is 3. The van der Waals surface area contributed by atoms with Crippen molar-refractivity contribution >= 4 is 16.9 Å². The Bertz CT molecular complexity index is 627. The Labute approximate surface area is 98.8 Å². The molecule has 0 aliphatic heterocycles. The lowest BCUT2D eigenvalue weighted by atomic mass is 10.2. The normalized spacial score (nSPS) is 12.3. The van der Waals surface area contributed by atoms with E-state index in [1.54, 1.807) is 6.07 Å². The second-order valence-electron chi connectivity index (χ2n) is 4.09. The molecule has 17 heavy (non-hydrogen) atoms. The van der Waals surface area contributed by atoms with Gasteiger partial charge >= 0.3 is 0 Å². The maximum atomic E-state index is 11.3. The van der Waals surface area contributed by atoms with Crippen LogP contribution in [-0.4, -0.2) is 11.9 Å². The van der Waals surface area contributed by atoms with Crippen LogP contribution in [0.5, 0.6) is 0 Å². The molecular formula is C13H14N2O2. The third-order valence-corrected chi connectivity index (χ3v) is 2.30. The van der Waals surface area contributed by atoms with Crippen LogP contribution in [0, 0.1) is 0 Å². The largest absolute Gasteiger partial charge is 0.438 e. The van der Waals surface area contributed by atoms with Crippen LogP contribution in [0.25, 0.3) is 11.0 Å². The maximum Gasteiger partial charge on any atom is 0.254 e. The molecule has 4 nitrogen and oxygen atoms in total. The first-order valence-electron chi connectivity index (χ1n) is 5.44. The Morgan fingerprint density at radius 2 is 2.06 bits per heavy atom. The Morgan fingerprint density at radius 1 is 1.35 bits per heavy atom. The molecule has 4 heteroatoms. The summed E-state index contributed by atoms with van der Waals surface area (Å²) in [5.74, 6) is -0.529. The van der Waals surface area contributed by atoms with Gasteiger partial charge in [0.25, 0.3) is 5.91 Å². The summed E-state index contributed by atoms with van der Waals surface area (Å²) in [4.78, 5) is 15.6. The molecule has 0 aliphatic carbocycles. The van der Waals surface area contributed by atoms with Crippen molar-refractivity contribution in [3.63, 3.8) is 0 Å². The van der Waals surface area contributed by atoms with Gasteiger partial charge in [0.2, 0.25) is 5.55 Å². The Hall–Kier alpha value is -2.10. The van der Waals surface area contributed by atoms with Crippen LogP contribution in [0.4, 0.5) is 0 Å². The average Bonchev–Trinajstić information content (AvgIpc) is 2.27. The van der Waals surface area contributed by atoms with Crippen molar-refractivity contribution in [2.45, 2.75) is 19.9 Å². The van der Waals surface area contributed by atoms with Crippen LogP contribution in [0.1, 0.15) is 24.2 Å². The van der Waals surface area contributed by atoms with E-state index in [1.165, 1.54) is 0 Å². The number of rotatable bonds is 2. The molecule has 88 valence electrons. The topological polar surface area (TPSA) is 68.6 Å². The molecule has 1 heterocycles. The van der Waals surface area contributed by atoms with Crippen molar-refractivity contribution in [3.05, 3.63) is 41.4 Å². The molecule has 0 fully saturated rings. The second kappa shape index (κ2) is 4.41. The van der Waals surface area contributed by atoms with Crippen molar-refractivity contribution in [1.29, 1.82) is 0 Å². The van der Waals surface area contributed by atoms with Gasteiger partial charge in [-0.3, -0.25) is 4.79 Å². The molecule has 0 unspecified atom stereocenters. The predicted octanol–water partition coefficient (Wildman–Crippen LogP) is 1.84. The zero-order chi connectivity index (χ0) is 12.4. The quantitative estimate of drug-likeness (QED) is 0.855. The van der Waals surface area contributed by atoms with E-state index in [2.05, 4.69) is 4.99 Å². The number of carbonyl (C=O) groups is 1. The molecule has 0 spiro atoms. The van der Waals surface area contributed by atoms with Gasteiger partial charge in [-0.05, 0) is 26.0 Å². The van der Waals surface area contributed by atoms with Crippen LogP contribution in [0.15, 0.2) is 39.7 Å². The monoisotopic (exact) mass is 230 g/mol. The zero-order valence-corrected chi connectivity index (χ0v) is 9.81. The van der Waals surface area contributed by atoms with E-state index in [1.807, 2.05) is 38.1 Å². The fraction of sp³-hybridized carbons (Fsp3) is 0.231. The minimum absolute atomic E-state index is 0.0398. The van der Waals surface area contributed by atoms with Gasteiger partial charge in [0.1, 0.15) is 11.1 Å². The summed E-state index contributed by atoms with van der Waals surface area (Å²) in [7, 11) is 0. The number of benzene rings is 1. The molecule has 0 saturated heterocycles. The summed E-state index contributed by atoms with van der Waals surface area (Å²) in [6.07, 6.45) is 0. The lowest BCUT2D eigenvalue weighted by Crippen LogP contribution is -2.23. The SMILES string of the molecule is CC(C)N=c1oc2ccccc2cc1C(N)=O. The molecule has 2 rings (SSSR count). The van der Waals surface area contributed by atoms with E-state index in [-0.39, 0.29) is 6.04 Å². The van der Waals surface area contributed by atoms with Gasteiger partial charge in [-0.15, -0.1) is 0 Å². The summed E-state index contributed by atoms with van der Waals surface area (Å²) >= 11 is 0. The van der Waals surface area contributed by atoms with Crippen molar-refractivity contribution < 1.29 is 9.21 Å². The predicted molar refractivity (Wildman–Crippen MR) is 65.4 cm³/mol. The van der Waals surface area contributed by atoms with Gasteiger partial charge in [0, 0.05) is 11.4 Å². The van der Waals surface area contributed by atoms with Crippen LogP contribution >= 0.6 is 0 Å². The second-order valence-corrected chi connectivity index (χ2v) is 4.09. The van der Waals surface area contributed by atoms with E-state index in [4.69, 9.17) is 10.2 Å². The number of primary amides is 1. The third-order valence-electron chi connectivity index (χ3n) is 2.30. The highest BCUT2D eigenvalue weighted by Crippen LogP contribution is 2.12. The molecule has 1 aromatic carbocycles. The Kier molecular flexibility index (Phi) is 2.95. The van der Waals surface area contributed by atoms with E-state index >= 15 is 0 Å². The summed E-state index contributed by atoms with van der Waals surface area (Å²) in [6.45, 7) is 3.82. The number of carbonyl (C=O) groups excluding carboxylic acids is 1. The average molecular weight is 230 g/mol. The van der Waals surface area contributed by atoms with E-state index in [9.17, 15) is 4.79 Å². The van der Waals surface area contributed by atoms with Crippen molar-refractivity contribution in [2.75, 3.05) is 0 Å². The molecular weight excluding hydrogens is 216 g/mol. The maximum absolute atomic E-state index is 11.3. The summed E-state index contributed by atoms with van der Waals surface area (Å²) in [6, 6.07) is 9.20. The van der Waals surface area contributed by atoms with Crippen LogP contribution in [0.3, 0.4) is 0 Å². The fourth-order valence-corrected chi connectivity index (χ4v) is 1.58. The number of hydrogen-bond donors (Lipinski definition) is 1. The first-order chi connectivity index (χ1) is 8.08. The summed E-state index contributed by atoms with van der Waals surface area (Å²) < 4.78 is 5.60. The van der Waals surface area contributed by atoms with Gasteiger partial charge < -0.3 is 10.2 Å². The van der Waals surface area contributed by atoms with Crippen LogP contribution in [-0.2, 0) is 0 Å². The van der Waals surface area contributed by atoms with Crippen molar-refractivity contribution in [1.82, 2.24) is 0 Å².